The molecule has 1 fully saturated rings. The van der Waals surface area contributed by atoms with E-state index in [1.54, 1.807) is 0 Å². The van der Waals surface area contributed by atoms with Crippen molar-refractivity contribution in [3.8, 4) is 0 Å². The third kappa shape index (κ3) is 4.42. The Hall–Kier alpha value is -1.84. The predicted octanol–water partition coefficient (Wildman–Crippen LogP) is 5.89. The molecule has 0 spiro atoms. The fraction of sp³-hybridized carbons (Fsp3) is 0.619. The normalized spacial score (nSPS) is 21.0. The van der Waals surface area contributed by atoms with Crippen LogP contribution in [0.1, 0.15) is 77.5 Å². The smallest absolute Gasteiger partial charge is 0.227 e. The van der Waals surface area contributed by atoms with Gasteiger partial charge in [-0.2, -0.15) is 0 Å². The van der Waals surface area contributed by atoms with E-state index in [1.807, 2.05) is 18.2 Å². The summed E-state index contributed by atoms with van der Waals surface area (Å²) in [4.78, 5) is 17.1. The van der Waals surface area contributed by atoms with E-state index in [-0.39, 0.29) is 17.7 Å². The second-order valence-corrected chi connectivity index (χ2v) is 7.74. The average molecular weight is 342 g/mol. The predicted molar refractivity (Wildman–Crippen MR) is 102 cm³/mol. The molecule has 25 heavy (non-hydrogen) atoms. The molecule has 0 radical (unpaired) electrons. The number of carbonyl (C=O) groups excluding carboxylic acids is 1. The van der Waals surface area contributed by atoms with Crippen molar-refractivity contribution in [2.45, 2.75) is 71.6 Å². The standard InChI is InChI=1S/C21H30N2O2/c1-4-5-6-15-7-9-16(10-8-15)20(24)22-17-11-12-18-19(13-17)25-21(23-18)14(2)3/h11-16H,4-10H2,1-3H3,(H,22,24). The third-order valence-corrected chi connectivity index (χ3v) is 5.35. The minimum Gasteiger partial charge on any atom is -0.440 e. The maximum absolute atomic E-state index is 12.6. The number of aromatic nitrogens is 1. The largest absolute Gasteiger partial charge is 0.440 e. The SMILES string of the molecule is CCCCC1CCC(C(=O)Nc2ccc3nc(C(C)C)oc3c2)CC1. The Labute approximate surface area is 150 Å². The van der Waals surface area contributed by atoms with Crippen molar-refractivity contribution in [2.75, 3.05) is 5.32 Å². The molecule has 0 bridgehead atoms. The first kappa shape index (κ1) is 18.0. The quantitative estimate of drug-likeness (QED) is 0.712. The highest BCUT2D eigenvalue weighted by Crippen LogP contribution is 2.33. The van der Waals surface area contributed by atoms with E-state index >= 15 is 0 Å². The number of carbonyl (C=O) groups is 1. The molecule has 0 aliphatic heterocycles. The van der Waals surface area contributed by atoms with Crippen LogP contribution in [0.5, 0.6) is 0 Å². The van der Waals surface area contributed by atoms with Gasteiger partial charge in [-0.1, -0.05) is 40.0 Å². The molecular formula is C21H30N2O2. The summed E-state index contributed by atoms with van der Waals surface area (Å²) < 4.78 is 5.79. The van der Waals surface area contributed by atoms with Crippen molar-refractivity contribution >= 4 is 22.7 Å². The molecule has 1 heterocycles. The van der Waals surface area contributed by atoms with E-state index in [2.05, 4.69) is 31.1 Å². The fourth-order valence-corrected chi connectivity index (χ4v) is 3.72. The fourth-order valence-electron chi connectivity index (χ4n) is 3.72. The minimum atomic E-state index is 0.148. The molecule has 0 saturated heterocycles. The molecule has 4 heteroatoms. The van der Waals surface area contributed by atoms with Crippen molar-refractivity contribution in [1.82, 2.24) is 4.98 Å². The van der Waals surface area contributed by atoms with Gasteiger partial charge < -0.3 is 9.73 Å². The van der Waals surface area contributed by atoms with Crippen LogP contribution < -0.4 is 5.32 Å². The molecule has 1 aliphatic rings. The number of nitrogens with zero attached hydrogens (tertiary/aromatic N) is 1. The number of benzene rings is 1. The van der Waals surface area contributed by atoms with Crippen LogP contribution >= 0.6 is 0 Å². The van der Waals surface area contributed by atoms with Gasteiger partial charge in [0.1, 0.15) is 5.52 Å². The zero-order chi connectivity index (χ0) is 17.8. The van der Waals surface area contributed by atoms with Crippen molar-refractivity contribution < 1.29 is 9.21 Å². The third-order valence-electron chi connectivity index (χ3n) is 5.35. The number of hydrogen-bond acceptors (Lipinski definition) is 3. The Kier molecular flexibility index (Phi) is 5.77. The van der Waals surface area contributed by atoms with E-state index in [4.69, 9.17) is 4.42 Å². The summed E-state index contributed by atoms with van der Waals surface area (Å²) in [5, 5.41) is 3.07. The Bertz CT molecular complexity index is 712. The first-order chi connectivity index (χ1) is 12.1. The summed E-state index contributed by atoms with van der Waals surface area (Å²) in [6, 6.07) is 5.72. The van der Waals surface area contributed by atoms with Gasteiger partial charge >= 0.3 is 0 Å². The maximum Gasteiger partial charge on any atom is 0.227 e. The van der Waals surface area contributed by atoms with Crippen LogP contribution in [-0.4, -0.2) is 10.9 Å². The highest BCUT2D eigenvalue weighted by molar-refractivity contribution is 5.94. The topological polar surface area (TPSA) is 55.1 Å². The molecular weight excluding hydrogens is 312 g/mol. The van der Waals surface area contributed by atoms with Gasteiger partial charge in [0.2, 0.25) is 5.91 Å². The number of nitrogens with one attached hydrogen (secondary N) is 1. The second kappa shape index (κ2) is 8.03. The van der Waals surface area contributed by atoms with Crippen LogP contribution in [0, 0.1) is 11.8 Å². The molecule has 1 aromatic heterocycles. The molecule has 1 amide bonds. The molecule has 1 N–H and O–H groups in total. The number of anilines is 1. The van der Waals surface area contributed by atoms with Gasteiger partial charge in [-0.25, -0.2) is 4.98 Å². The van der Waals surface area contributed by atoms with Crippen LogP contribution in [0.4, 0.5) is 5.69 Å². The molecule has 3 rings (SSSR count). The molecule has 0 unspecified atom stereocenters. The number of amides is 1. The van der Waals surface area contributed by atoms with Crippen LogP contribution in [0.2, 0.25) is 0 Å². The van der Waals surface area contributed by atoms with Crippen LogP contribution in [0.3, 0.4) is 0 Å². The van der Waals surface area contributed by atoms with Crippen molar-refractivity contribution in [3.63, 3.8) is 0 Å². The van der Waals surface area contributed by atoms with E-state index in [1.165, 1.54) is 32.1 Å². The van der Waals surface area contributed by atoms with Crippen molar-refractivity contribution in [2.24, 2.45) is 11.8 Å². The van der Waals surface area contributed by atoms with Crippen LogP contribution in [0.25, 0.3) is 11.1 Å². The monoisotopic (exact) mass is 342 g/mol. The summed E-state index contributed by atoms with van der Waals surface area (Å²) >= 11 is 0. The highest BCUT2D eigenvalue weighted by atomic mass is 16.3. The molecule has 0 atom stereocenters. The number of rotatable bonds is 6. The average Bonchev–Trinajstić information content (AvgIpc) is 3.04. The first-order valence-electron chi connectivity index (χ1n) is 9.78. The lowest BCUT2D eigenvalue weighted by atomic mass is 9.79. The van der Waals surface area contributed by atoms with Gasteiger partial charge in [0, 0.05) is 23.6 Å². The van der Waals surface area contributed by atoms with Gasteiger partial charge in [-0.15, -0.1) is 0 Å². The van der Waals surface area contributed by atoms with E-state index in [0.717, 1.165) is 41.4 Å². The Morgan fingerprint density at radius 1 is 1.28 bits per heavy atom. The lowest BCUT2D eigenvalue weighted by Crippen LogP contribution is -2.27. The molecule has 1 aliphatic carbocycles. The lowest BCUT2D eigenvalue weighted by Gasteiger charge is -2.27. The summed E-state index contributed by atoms with van der Waals surface area (Å²) in [5.41, 5.74) is 2.39. The Morgan fingerprint density at radius 3 is 2.72 bits per heavy atom. The molecule has 2 aromatic rings. The van der Waals surface area contributed by atoms with E-state index in [0.29, 0.717) is 0 Å². The Morgan fingerprint density at radius 2 is 2.04 bits per heavy atom. The van der Waals surface area contributed by atoms with Gasteiger partial charge in [-0.05, 0) is 43.7 Å². The van der Waals surface area contributed by atoms with Crippen LogP contribution in [0.15, 0.2) is 22.6 Å². The summed E-state index contributed by atoms with van der Waals surface area (Å²) in [5.74, 6) is 2.12. The maximum atomic E-state index is 12.6. The summed E-state index contributed by atoms with van der Waals surface area (Å²) in [6.07, 6.45) is 8.32. The number of oxazole rings is 1. The van der Waals surface area contributed by atoms with Crippen molar-refractivity contribution in [1.29, 1.82) is 0 Å². The van der Waals surface area contributed by atoms with Gasteiger partial charge in [0.25, 0.3) is 0 Å². The zero-order valence-electron chi connectivity index (χ0n) is 15.7. The van der Waals surface area contributed by atoms with E-state index < -0.39 is 0 Å². The van der Waals surface area contributed by atoms with Gasteiger partial charge in [0.15, 0.2) is 11.5 Å². The van der Waals surface area contributed by atoms with Gasteiger partial charge in [-0.3, -0.25) is 4.79 Å². The minimum absolute atomic E-state index is 0.148. The Balaban J connectivity index is 1.58. The number of unbranched alkanes of at least 4 members (excludes halogenated alkanes) is 1. The zero-order valence-corrected chi connectivity index (χ0v) is 15.7. The van der Waals surface area contributed by atoms with Crippen molar-refractivity contribution in [3.05, 3.63) is 24.1 Å². The number of hydrogen-bond donors (Lipinski definition) is 1. The second-order valence-electron chi connectivity index (χ2n) is 7.74. The van der Waals surface area contributed by atoms with Crippen LogP contribution in [-0.2, 0) is 4.79 Å². The molecule has 1 saturated carbocycles. The van der Waals surface area contributed by atoms with Gasteiger partial charge in [0.05, 0.1) is 0 Å². The molecule has 4 nitrogen and oxygen atoms in total. The first-order valence-corrected chi connectivity index (χ1v) is 9.78. The molecule has 136 valence electrons. The number of fused-ring (bicyclic) bond motifs is 1. The summed E-state index contributed by atoms with van der Waals surface area (Å²) in [6.45, 7) is 6.36. The highest BCUT2D eigenvalue weighted by Gasteiger charge is 2.26. The lowest BCUT2D eigenvalue weighted by molar-refractivity contribution is -0.121. The summed E-state index contributed by atoms with van der Waals surface area (Å²) in [7, 11) is 0. The van der Waals surface area contributed by atoms with E-state index in [9.17, 15) is 4.79 Å². The molecule has 1 aromatic carbocycles.